The minimum Gasteiger partial charge on any atom is -0.352 e. The van der Waals surface area contributed by atoms with E-state index in [-0.39, 0.29) is 11.2 Å². The molecule has 1 rings (SSSR count). The molecule has 1 amide bonds. The lowest BCUT2D eigenvalue weighted by Crippen LogP contribution is -2.38. The Morgan fingerprint density at radius 2 is 2.42 bits per heavy atom. The highest BCUT2D eigenvalue weighted by Gasteiger charge is 2.14. The fourth-order valence-corrected chi connectivity index (χ4v) is 1.32. The number of rotatable bonds is 2. The van der Waals surface area contributed by atoms with Gasteiger partial charge in [0.2, 0.25) is 5.91 Å². The molecule has 1 aliphatic carbocycles. The van der Waals surface area contributed by atoms with Crippen molar-refractivity contribution in [1.82, 2.24) is 5.32 Å². The molecule has 0 saturated heterocycles. The summed E-state index contributed by atoms with van der Waals surface area (Å²) in [5.74, 6) is 0.0404. The predicted molar refractivity (Wildman–Crippen MR) is 53.4 cm³/mol. The molecular weight excluding hydrogens is 170 g/mol. The monoisotopic (exact) mass is 185 g/mol. The highest BCUT2D eigenvalue weighted by Crippen LogP contribution is 2.10. The van der Waals surface area contributed by atoms with E-state index in [1.165, 1.54) is 0 Å². The van der Waals surface area contributed by atoms with Crippen LogP contribution in [0.15, 0.2) is 12.2 Å². The van der Waals surface area contributed by atoms with Crippen molar-refractivity contribution in [1.29, 1.82) is 0 Å². The molecule has 0 spiro atoms. The second-order valence-corrected chi connectivity index (χ2v) is 3.94. The molecule has 1 aliphatic rings. The zero-order chi connectivity index (χ0) is 8.97. The topological polar surface area (TPSA) is 29.1 Å². The van der Waals surface area contributed by atoms with Gasteiger partial charge in [-0.2, -0.15) is 12.6 Å². The van der Waals surface area contributed by atoms with E-state index in [9.17, 15) is 4.79 Å². The van der Waals surface area contributed by atoms with Gasteiger partial charge in [0.1, 0.15) is 0 Å². The van der Waals surface area contributed by atoms with Crippen LogP contribution < -0.4 is 5.32 Å². The van der Waals surface area contributed by atoms with Crippen molar-refractivity contribution in [2.75, 3.05) is 0 Å². The second-order valence-electron chi connectivity index (χ2n) is 3.17. The van der Waals surface area contributed by atoms with Gasteiger partial charge in [0.05, 0.1) is 5.25 Å². The lowest BCUT2D eigenvalue weighted by atomic mass is 10.0. The van der Waals surface area contributed by atoms with Crippen molar-refractivity contribution in [2.45, 2.75) is 37.5 Å². The van der Waals surface area contributed by atoms with E-state index >= 15 is 0 Å². The molecule has 0 aliphatic heterocycles. The normalized spacial score (nSPS) is 25.0. The van der Waals surface area contributed by atoms with E-state index in [4.69, 9.17) is 0 Å². The van der Waals surface area contributed by atoms with E-state index in [0.29, 0.717) is 6.04 Å². The number of hydrogen-bond acceptors (Lipinski definition) is 2. The van der Waals surface area contributed by atoms with Crippen molar-refractivity contribution in [3.05, 3.63) is 12.2 Å². The Labute approximate surface area is 78.8 Å². The van der Waals surface area contributed by atoms with Crippen LogP contribution >= 0.6 is 12.6 Å². The first kappa shape index (κ1) is 9.65. The summed E-state index contributed by atoms with van der Waals surface area (Å²) < 4.78 is 0. The number of nitrogens with one attached hydrogen (secondary N) is 1. The third-order valence-corrected chi connectivity index (χ3v) is 2.23. The lowest BCUT2D eigenvalue weighted by Gasteiger charge is -2.20. The number of allylic oxidation sites excluding steroid dienone is 1. The quantitative estimate of drug-likeness (QED) is 0.496. The van der Waals surface area contributed by atoms with Crippen LogP contribution in [-0.2, 0) is 4.79 Å². The van der Waals surface area contributed by atoms with E-state index in [1.54, 1.807) is 6.92 Å². The first-order valence-corrected chi connectivity index (χ1v) is 4.85. The van der Waals surface area contributed by atoms with Crippen LogP contribution in [0.5, 0.6) is 0 Å². The fraction of sp³-hybridized carbons (Fsp3) is 0.667. The third kappa shape index (κ3) is 2.89. The summed E-state index contributed by atoms with van der Waals surface area (Å²) in [6.07, 6.45) is 7.38. The van der Waals surface area contributed by atoms with Crippen molar-refractivity contribution in [2.24, 2.45) is 0 Å². The summed E-state index contributed by atoms with van der Waals surface area (Å²) in [7, 11) is 0. The lowest BCUT2D eigenvalue weighted by molar-refractivity contribution is -0.121. The summed E-state index contributed by atoms with van der Waals surface area (Å²) in [4.78, 5) is 11.2. The molecule has 0 saturated carbocycles. The Bertz CT molecular complexity index is 189. The molecule has 2 atom stereocenters. The van der Waals surface area contributed by atoms with Gasteiger partial charge in [-0.25, -0.2) is 0 Å². The van der Waals surface area contributed by atoms with Gasteiger partial charge in [-0.1, -0.05) is 12.2 Å². The molecule has 0 aromatic heterocycles. The van der Waals surface area contributed by atoms with Crippen LogP contribution in [0.2, 0.25) is 0 Å². The maximum Gasteiger partial charge on any atom is 0.232 e. The largest absolute Gasteiger partial charge is 0.352 e. The Kier molecular flexibility index (Phi) is 3.66. The minimum absolute atomic E-state index is 0.0404. The number of hydrogen-bond donors (Lipinski definition) is 2. The van der Waals surface area contributed by atoms with Crippen LogP contribution in [0, 0.1) is 0 Å². The zero-order valence-corrected chi connectivity index (χ0v) is 8.18. The Morgan fingerprint density at radius 1 is 1.67 bits per heavy atom. The smallest absolute Gasteiger partial charge is 0.232 e. The molecule has 3 heteroatoms. The third-order valence-electron chi connectivity index (χ3n) is 1.99. The van der Waals surface area contributed by atoms with Crippen LogP contribution in [0.4, 0.5) is 0 Å². The van der Waals surface area contributed by atoms with E-state index in [0.717, 1.165) is 19.3 Å². The SMILES string of the molecule is CC(S)C(=O)NC1CC=CCC1. The van der Waals surface area contributed by atoms with Crippen molar-refractivity contribution >= 4 is 18.5 Å². The molecule has 68 valence electrons. The summed E-state index contributed by atoms with van der Waals surface area (Å²) in [5.41, 5.74) is 0. The van der Waals surface area contributed by atoms with Gasteiger partial charge in [-0.3, -0.25) is 4.79 Å². The molecule has 2 nitrogen and oxygen atoms in total. The van der Waals surface area contributed by atoms with Crippen molar-refractivity contribution < 1.29 is 4.79 Å². The molecule has 0 fully saturated rings. The van der Waals surface area contributed by atoms with Crippen molar-refractivity contribution in [3.63, 3.8) is 0 Å². The Hall–Kier alpha value is -0.440. The number of thiol groups is 1. The summed E-state index contributed by atoms with van der Waals surface area (Å²) in [6, 6.07) is 0.331. The van der Waals surface area contributed by atoms with Gasteiger partial charge in [-0.05, 0) is 26.2 Å². The molecule has 2 unspecified atom stereocenters. The van der Waals surface area contributed by atoms with Gasteiger partial charge in [0.15, 0.2) is 0 Å². The summed E-state index contributed by atoms with van der Waals surface area (Å²) in [5, 5.41) is 2.75. The van der Waals surface area contributed by atoms with Crippen LogP contribution in [0.3, 0.4) is 0 Å². The predicted octanol–water partition coefficient (Wildman–Crippen LogP) is 1.53. The number of amides is 1. The summed E-state index contributed by atoms with van der Waals surface area (Å²) >= 11 is 4.06. The van der Waals surface area contributed by atoms with Gasteiger partial charge in [0, 0.05) is 6.04 Å². The average molecular weight is 185 g/mol. The van der Waals surface area contributed by atoms with Crippen molar-refractivity contribution in [3.8, 4) is 0 Å². The molecular formula is C9H15NOS. The first-order chi connectivity index (χ1) is 5.70. The van der Waals surface area contributed by atoms with E-state index in [1.807, 2.05) is 0 Å². The molecule has 0 radical (unpaired) electrons. The maximum atomic E-state index is 11.2. The molecule has 0 aromatic rings. The van der Waals surface area contributed by atoms with Gasteiger partial charge in [-0.15, -0.1) is 0 Å². The van der Waals surface area contributed by atoms with Crippen LogP contribution in [-0.4, -0.2) is 17.2 Å². The van der Waals surface area contributed by atoms with Crippen LogP contribution in [0.25, 0.3) is 0 Å². The molecule has 1 N–H and O–H groups in total. The van der Waals surface area contributed by atoms with Gasteiger partial charge in [0.25, 0.3) is 0 Å². The highest BCUT2D eigenvalue weighted by atomic mass is 32.1. The highest BCUT2D eigenvalue weighted by molar-refractivity contribution is 7.81. The van der Waals surface area contributed by atoms with Gasteiger partial charge >= 0.3 is 0 Å². The molecule has 0 aromatic carbocycles. The fourth-order valence-electron chi connectivity index (χ4n) is 1.25. The maximum absolute atomic E-state index is 11.2. The standard InChI is InChI=1S/C9H15NOS/c1-7(12)9(11)10-8-5-3-2-4-6-8/h2-3,7-8,12H,4-6H2,1H3,(H,10,11). The average Bonchev–Trinajstić information content (AvgIpc) is 2.06. The zero-order valence-electron chi connectivity index (χ0n) is 7.29. The molecule has 0 heterocycles. The first-order valence-electron chi connectivity index (χ1n) is 4.33. The van der Waals surface area contributed by atoms with E-state index < -0.39 is 0 Å². The number of carbonyl (C=O) groups is 1. The van der Waals surface area contributed by atoms with Gasteiger partial charge < -0.3 is 5.32 Å². The Balaban J connectivity index is 2.31. The minimum atomic E-state index is -0.198. The van der Waals surface area contributed by atoms with Crippen LogP contribution in [0.1, 0.15) is 26.2 Å². The Morgan fingerprint density at radius 3 is 2.92 bits per heavy atom. The molecule has 12 heavy (non-hydrogen) atoms. The molecule has 0 bridgehead atoms. The number of carbonyl (C=O) groups excluding carboxylic acids is 1. The summed E-state index contributed by atoms with van der Waals surface area (Å²) in [6.45, 7) is 1.79. The van der Waals surface area contributed by atoms with E-state index in [2.05, 4.69) is 30.1 Å². The second kappa shape index (κ2) is 4.55.